The molecule has 0 saturated carbocycles. The van der Waals surface area contributed by atoms with E-state index in [1.165, 1.54) is 12.1 Å². The maximum Gasteiger partial charge on any atom is 0.222 e. The third-order valence-electron chi connectivity index (χ3n) is 4.60. The zero-order valence-electron chi connectivity index (χ0n) is 15.9. The van der Waals surface area contributed by atoms with Gasteiger partial charge in [-0.1, -0.05) is 31.5 Å². The number of likely N-dealkylation sites (N-methyl/N-ethyl adjacent to an activating group) is 1. The largest absolute Gasteiger partial charge is 0.357 e. The molecule has 1 heterocycles. The molecule has 2 N–H and O–H groups in total. The minimum atomic E-state index is -0.343. The molecule has 1 saturated heterocycles. The van der Waals surface area contributed by atoms with Crippen LogP contribution in [0.2, 0.25) is 5.02 Å². The lowest BCUT2D eigenvalue weighted by Crippen LogP contribution is -2.52. The maximum atomic E-state index is 13.3. The quantitative estimate of drug-likeness (QED) is 0.608. The van der Waals surface area contributed by atoms with Gasteiger partial charge in [-0.15, -0.1) is 0 Å². The van der Waals surface area contributed by atoms with Crippen molar-refractivity contribution < 1.29 is 9.18 Å². The van der Waals surface area contributed by atoms with Crippen molar-refractivity contribution in [2.24, 2.45) is 4.99 Å². The van der Waals surface area contributed by atoms with Crippen LogP contribution in [0, 0.1) is 5.82 Å². The number of carbonyl (C=O) groups excluding carboxylic acids is 1. The Bertz CT molecular complexity index is 678. The SMILES string of the molecule is CCNC(=NCC(C)(C)c1ccc(F)cc1Cl)NC1CCC(=O)N(C)C1. The summed E-state index contributed by atoms with van der Waals surface area (Å²) in [5.74, 6) is 0.549. The summed E-state index contributed by atoms with van der Waals surface area (Å²) < 4.78 is 13.3. The highest BCUT2D eigenvalue weighted by atomic mass is 35.5. The Morgan fingerprint density at radius 1 is 1.46 bits per heavy atom. The Balaban J connectivity index is 2.08. The lowest BCUT2D eigenvalue weighted by Gasteiger charge is -2.31. The molecule has 1 atom stereocenters. The first-order valence-electron chi connectivity index (χ1n) is 8.97. The lowest BCUT2D eigenvalue weighted by molar-refractivity contribution is -0.132. The predicted octanol–water partition coefficient (Wildman–Crippen LogP) is 2.93. The fourth-order valence-electron chi connectivity index (χ4n) is 3.04. The molecule has 1 aromatic carbocycles. The van der Waals surface area contributed by atoms with Gasteiger partial charge in [0, 0.05) is 43.0 Å². The third-order valence-corrected chi connectivity index (χ3v) is 4.92. The predicted molar refractivity (Wildman–Crippen MR) is 104 cm³/mol. The number of aliphatic imine (C=N–C) groups is 1. The number of hydrogen-bond acceptors (Lipinski definition) is 2. The van der Waals surface area contributed by atoms with Gasteiger partial charge in [0.05, 0.1) is 6.54 Å². The second-order valence-corrected chi connectivity index (χ2v) is 7.76. The molecular formula is C19H28ClFN4O. The highest BCUT2D eigenvalue weighted by Gasteiger charge is 2.25. The first-order chi connectivity index (χ1) is 12.2. The van der Waals surface area contributed by atoms with Gasteiger partial charge < -0.3 is 15.5 Å². The number of piperidine rings is 1. The molecule has 1 unspecified atom stereocenters. The number of rotatable bonds is 5. The molecule has 0 aliphatic carbocycles. The van der Waals surface area contributed by atoms with Crippen LogP contribution in [0.1, 0.15) is 39.2 Å². The van der Waals surface area contributed by atoms with Gasteiger partial charge in [-0.3, -0.25) is 9.79 Å². The van der Waals surface area contributed by atoms with Gasteiger partial charge in [0.25, 0.3) is 0 Å². The number of nitrogens with zero attached hydrogens (tertiary/aromatic N) is 2. The maximum absolute atomic E-state index is 13.3. The summed E-state index contributed by atoms with van der Waals surface area (Å²) in [6.07, 6.45) is 1.34. The van der Waals surface area contributed by atoms with E-state index in [1.54, 1.807) is 11.0 Å². The number of benzene rings is 1. The summed E-state index contributed by atoms with van der Waals surface area (Å²) in [5.41, 5.74) is 0.523. The molecule has 0 aromatic heterocycles. The van der Waals surface area contributed by atoms with Crippen LogP contribution in [0.3, 0.4) is 0 Å². The van der Waals surface area contributed by atoms with Crippen molar-refractivity contribution in [3.63, 3.8) is 0 Å². The van der Waals surface area contributed by atoms with E-state index in [4.69, 9.17) is 16.6 Å². The highest BCUT2D eigenvalue weighted by Crippen LogP contribution is 2.30. The second kappa shape index (κ2) is 8.71. The normalized spacial score (nSPS) is 18.8. The van der Waals surface area contributed by atoms with Gasteiger partial charge in [0.2, 0.25) is 5.91 Å². The van der Waals surface area contributed by atoms with Crippen molar-refractivity contribution in [1.29, 1.82) is 0 Å². The molecule has 1 aromatic rings. The summed E-state index contributed by atoms with van der Waals surface area (Å²) in [4.78, 5) is 18.1. The molecule has 0 bridgehead atoms. The summed E-state index contributed by atoms with van der Waals surface area (Å²) >= 11 is 6.22. The third kappa shape index (κ3) is 5.34. The minimum Gasteiger partial charge on any atom is -0.357 e. The van der Waals surface area contributed by atoms with Crippen molar-refractivity contribution in [2.75, 3.05) is 26.7 Å². The van der Waals surface area contributed by atoms with Crippen LogP contribution >= 0.6 is 11.6 Å². The number of amides is 1. The van der Waals surface area contributed by atoms with Crippen LogP contribution in [0.4, 0.5) is 4.39 Å². The average molecular weight is 383 g/mol. The lowest BCUT2D eigenvalue weighted by atomic mass is 9.84. The van der Waals surface area contributed by atoms with E-state index in [2.05, 4.69) is 10.6 Å². The molecule has 1 fully saturated rings. The fourth-order valence-corrected chi connectivity index (χ4v) is 3.47. The molecule has 1 aliphatic rings. The standard InChI is InChI=1S/C19H28ClFN4O/c1-5-22-18(24-14-7-9-17(26)25(4)11-14)23-12-19(2,3)15-8-6-13(21)10-16(15)20/h6,8,10,14H,5,7,9,11-12H2,1-4H3,(H2,22,23,24). The smallest absolute Gasteiger partial charge is 0.222 e. The molecule has 0 radical (unpaired) electrons. The van der Waals surface area contributed by atoms with Gasteiger partial charge in [-0.2, -0.15) is 0 Å². The number of carbonyl (C=O) groups is 1. The van der Waals surface area contributed by atoms with E-state index >= 15 is 0 Å². The van der Waals surface area contributed by atoms with E-state index in [1.807, 2.05) is 27.8 Å². The van der Waals surface area contributed by atoms with Gasteiger partial charge >= 0.3 is 0 Å². The molecule has 144 valence electrons. The van der Waals surface area contributed by atoms with Crippen molar-refractivity contribution in [1.82, 2.24) is 15.5 Å². The summed E-state index contributed by atoms with van der Waals surface area (Å²) in [7, 11) is 1.82. The summed E-state index contributed by atoms with van der Waals surface area (Å²) in [6.45, 7) is 7.98. The van der Waals surface area contributed by atoms with Crippen molar-refractivity contribution >= 4 is 23.5 Å². The molecule has 5 nitrogen and oxygen atoms in total. The van der Waals surface area contributed by atoms with Gasteiger partial charge in [0.1, 0.15) is 5.82 Å². The average Bonchev–Trinajstić information content (AvgIpc) is 2.56. The fraction of sp³-hybridized carbons (Fsp3) is 0.579. The zero-order valence-corrected chi connectivity index (χ0v) is 16.7. The Kier molecular flexibility index (Phi) is 6.87. The molecule has 1 amide bonds. The Morgan fingerprint density at radius 2 is 2.19 bits per heavy atom. The van der Waals surface area contributed by atoms with E-state index in [9.17, 15) is 9.18 Å². The van der Waals surface area contributed by atoms with Crippen LogP contribution in [0.25, 0.3) is 0 Å². The molecule has 2 rings (SSSR count). The van der Waals surface area contributed by atoms with E-state index < -0.39 is 0 Å². The monoisotopic (exact) mass is 382 g/mol. The first kappa shape index (κ1) is 20.5. The molecule has 7 heteroatoms. The van der Waals surface area contributed by atoms with Crippen molar-refractivity contribution in [2.45, 2.75) is 45.1 Å². The van der Waals surface area contributed by atoms with E-state index in [-0.39, 0.29) is 23.2 Å². The summed E-state index contributed by atoms with van der Waals surface area (Å²) in [6, 6.07) is 4.65. The Labute approximate surface area is 160 Å². The van der Waals surface area contributed by atoms with Gasteiger partial charge in [-0.05, 0) is 31.0 Å². The van der Waals surface area contributed by atoms with Crippen LogP contribution < -0.4 is 10.6 Å². The number of nitrogens with one attached hydrogen (secondary N) is 2. The van der Waals surface area contributed by atoms with Gasteiger partial charge in [-0.25, -0.2) is 4.39 Å². The number of halogens is 2. The zero-order chi connectivity index (χ0) is 19.3. The van der Waals surface area contributed by atoms with E-state index in [0.717, 1.165) is 18.5 Å². The highest BCUT2D eigenvalue weighted by molar-refractivity contribution is 6.31. The van der Waals surface area contributed by atoms with Crippen LogP contribution in [0.15, 0.2) is 23.2 Å². The Hall–Kier alpha value is -1.82. The van der Waals surface area contributed by atoms with Crippen LogP contribution in [-0.2, 0) is 10.2 Å². The van der Waals surface area contributed by atoms with E-state index in [0.29, 0.717) is 30.5 Å². The second-order valence-electron chi connectivity index (χ2n) is 7.36. The number of guanidine groups is 1. The van der Waals surface area contributed by atoms with Crippen molar-refractivity contribution in [3.8, 4) is 0 Å². The molecule has 26 heavy (non-hydrogen) atoms. The summed E-state index contributed by atoms with van der Waals surface area (Å²) in [5, 5.41) is 7.07. The molecule has 1 aliphatic heterocycles. The minimum absolute atomic E-state index is 0.174. The van der Waals surface area contributed by atoms with Crippen LogP contribution in [0.5, 0.6) is 0 Å². The number of hydrogen-bond donors (Lipinski definition) is 2. The number of likely N-dealkylation sites (tertiary alicyclic amines) is 1. The van der Waals surface area contributed by atoms with Crippen LogP contribution in [-0.4, -0.2) is 49.5 Å². The van der Waals surface area contributed by atoms with Crippen molar-refractivity contribution in [3.05, 3.63) is 34.6 Å². The molecule has 0 spiro atoms. The first-order valence-corrected chi connectivity index (χ1v) is 9.35. The van der Waals surface area contributed by atoms with Gasteiger partial charge in [0.15, 0.2) is 5.96 Å². The topological polar surface area (TPSA) is 56.7 Å². The Morgan fingerprint density at radius 3 is 2.81 bits per heavy atom. The molecular weight excluding hydrogens is 355 g/mol.